The zero-order chi connectivity index (χ0) is 7.56. The molecule has 0 aliphatic heterocycles. The van der Waals surface area contributed by atoms with Crippen LogP contribution in [-0.4, -0.2) is 4.21 Å². The van der Waals surface area contributed by atoms with Crippen LogP contribution in [0, 0.1) is 6.92 Å². The summed E-state index contributed by atoms with van der Waals surface area (Å²) in [6, 6.07) is 7.70. The molecule has 0 N–H and O–H groups in total. The van der Waals surface area contributed by atoms with Crippen molar-refractivity contribution in [2.24, 2.45) is 0 Å². The SMILES string of the molecule is Cc1ccccc1S(=O)I. The van der Waals surface area contributed by atoms with E-state index in [1.807, 2.05) is 52.4 Å². The van der Waals surface area contributed by atoms with E-state index >= 15 is 0 Å². The van der Waals surface area contributed by atoms with E-state index < -0.39 is 7.97 Å². The lowest BCUT2D eigenvalue weighted by atomic mass is 10.2. The predicted molar refractivity (Wildman–Crippen MR) is 51.6 cm³/mol. The smallest absolute Gasteiger partial charge is 0.116 e. The molecule has 3 heteroatoms. The van der Waals surface area contributed by atoms with Crippen molar-refractivity contribution in [2.45, 2.75) is 11.8 Å². The Labute approximate surface area is 74.9 Å². The Morgan fingerprint density at radius 1 is 1.40 bits per heavy atom. The Balaban J connectivity index is 3.15. The standard InChI is InChI=1S/C7H7IOS/c1-6-4-2-3-5-7(6)10(8)9/h2-5H,1H3. The molecule has 0 saturated carbocycles. The Morgan fingerprint density at radius 2 is 2.00 bits per heavy atom. The van der Waals surface area contributed by atoms with Crippen LogP contribution < -0.4 is 0 Å². The molecule has 0 spiro atoms. The first kappa shape index (κ1) is 8.20. The summed E-state index contributed by atoms with van der Waals surface area (Å²) in [5.74, 6) is 0. The summed E-state index contributed by atoms with van der Waals surface area (Å²) in [6.07, 6.45) is 0. The van der Waals surface area contributed by atoms with Crippen molar-refractivity contribution in [3.05, 3.63) is 29.8 Å². The van der Waals surface area contributed by atoms with Gasteiger partial charge in [0.05, 0.1) is 4.90 Å². The van der Waals surface area contributed by atoms with Crippen molar-refractivity contribution < 1.29 is 4.21 Å². The first-order valence-electron chi connectivity index (χ1n) is 2.85. The van der Waals surface area contributed by atoms with Crippen molar-refractivity contribution in [3.63, 3.8) is 0 Å². The Morgan fingerprint density at radius 3 is 2.40 bits per heavy atom. The van der Waals surface area contributed by atoms with Gasteiger partial charge in [0.25, 0.3) is 0 Å². The van der Waals surface area contributed by atoms with E-state index in [4.69, 9.17) is 0 Å². The van der Waals surface area contributed by atoms with Gasteiger partial charge in [0.15, 0.2) is 0 Å². The molecule has 0 aromatic heterocycles. The van der Waals surface area contributed by atoms with Crippen molar-refractivity contribution in [3.8, 4) is 0 Å². The van der Waals surface area contributed by atoms with Gasteiger partial charge in [0.1, 0.15) is 7.97 Å². The van der Waals surface area contributed by atoms with Crippen LogP contribution >= 0.6 is 21.2 Å². The van der Waals surface area contributed by atoms with Crippen LogP contribution in [0.1, 0.15) is 5.56 Å². The Hall–Kier alpha value is 0.1000. The molecule has 0 aliphatic rings. The second-order valence-electron chi connectivity index (χ2n) is 1.99. The molecule has 1 rings (SSSR count). The number of halogens is 1. The van der Waals surface area contributed by atoms with E-state index in [9.17, 15) is 4.21 Å². The highest BCUT2D eigenvalue weighted by Crippen LogP contribution is 2.15. The van der Waals surface area contributed by atoms with E-state index in [-0.39, 0.29) is 0 Å². The number of aryl methyl sites for hydroxylation is 1. The first-order chi connectivity index (χ1) is 4.72. The topological polar surface area (TPSA) is 17.1 Å². The first-order valence-corrected chi connectivity index (χ1v) is 6.55. The molecule has 0 bridgehead atoms. The second-order valence-corrected chi connectivity index (χ2v) is 5.28. The van der Waals surface area contributed by atoms with Gasteiger partial charge in [-0.15, -0.1) is 0 Å². The molecule has 1 aromatic rings. The van der Waals surface area contributed by atoms with Crippen LogP contribution in [0.15, 0.2) is 29.2 Å². The van der Waals surface area contributed by atoms with Gasteiger partial charge in [-0.3, -0.25) is 0 Å². The minimum absolute atomic E-state index is 0.871. The van der Waals surface area contributed by atoms with Gasteiger partial charge in [-0.25, -0.2) is 4.21 Å². The van der Waals surface area contributed by atoms with E-state index in [0.29, 0.717) is 0 Å². The minimum Gasteiger partial charge on any atom is -0.243 e. The average molecular weight is 266 g/mol. The highest BCUT2D eigenvalue weighted by atomic mass is 127. The van der Waals surface area contributed by atoms with Gasteiger partial charge in [-0.1, -0.05) is 18.2 Å². The third-order valence-electron chi connectivity index (χ3n) is 1.27. The number of hydrogen-bond donors (Lipinski definition) is 0. The molecule has 10 heavy (non-hydrogen) atoms. The summed E-state index contributed by atoms with van der Waals surface area (Å²) < 4.78 is 11.0. The third-order valence-corrected chi connectivity index (χ3v) is 3.49. The van der Waals surface area contributed by atoms with E-state index in [2.05, 4.69) is 0 Å². The molecule has 1 unspecified atom stereocenters. The summed E-state index contributed by atoms with van der Waals surface area (Å²) in [5.41, 5.74) is 1.09. The van der Waals surface area contributed by atoms with Crippen molar-refractivity contribution in [1.82, 2.24) is 0 Å². The summed E-state index contributed by atoms with van der Waals surface area (Å²) in [5, 5.41) is 0. The highest BCUT2D eigenvalue weighted by Gasteiger charge is 1.99. The fourth-order valence-electron chi connectivity index (χ4n) is 0.736. The molecule has 0 radical (unpaired) electrons. The van der Waals surface area contributed by atoms with Crippen LogP contribution in [0.5, 0.6) is 0 Å². The summed E-state index contributed by atoms with van der Waals surface area (Å²) in [7, 11) is -0.871. The molecule has 1 aromatic carbocycles. The normalized spacial score (nSPS) is 13.0. The lowest BCUT2D eigenvalue weighted by Gasteiger charge is -1.97. The van der Waals surface area contributed by atoms with Gasteiger partial charge in [0.2, 0.25) is 0 Å². The van der Waals surface area contributed by atoms with Crippen LogP contribution in [0.3, 0.4) is 0 Å². The van der Waals surface area contributed by atoms with Gasteiger partial charge in [-0.05, 0) is 18.6 Å². The van der Waals surface area contributed by atoms with Crippen LogP contribution in [0.25, 0.3) is 0 Å². The minimum atomic E-state index is -0.871. The fraction of sp³-hybridized carbons (Fsp3) is 0.143. The molecule has 1 nitrogen and oxygen atoms in total. The van der Waals surface area contributed by atoms with Gasteiger partial charge in [0, 0.05) is 21.2 Å². The van der Waals surface area contributed by atoms with Crippen LogP contribution in [-0.2, 0) is 7.97 Å². The maximum Gasteiger partial charge on any atom is 0.116 e. The monoisotopic (exact) mass is 266 g/mol. The quantitative estimate of drug-likeness (QED) is 0.563. The molecular weight excluding hydrogens is 259 g/mol. The predicted octanol–water partition coefficient (Wildman–Crippen LogP) is 2.45. The maximum atomic E-state index is 11.0. The molecule has 0 amide bonds. The molecule has 0 fully saturated rings. The fourth-order valence-corrected chi connectivity index (χ4v) is 2.73. The number of rotatable bonds is 1. The Kier molecular flexibility index (Phi) is 2.85. The molecule has 0 heterocycles. The summed E-state index contributed by atoms with van der Waals surface area (Å²) >= 11 is 1.91. The average Bonchev–Trinajstić information content (AvgIpc) is 1.88. The lowest BCUT2D eigenvalue weighted by molar-refractivity contribution is 0.692. The van der Waals surface area contributed by atoms with Crippen LogP contribution in [0.4, 0.5) is 0 Å². The number of hydrogen-bond acceptors (Lipinski definition) is 1. The van der Waals surface area contributed by atoms with Crippen LogP contribution in [0.2, 0.25) is 0 Å². The van der Waals surface area contributed by atoms with Gasteiger partial charge >= 0.3 is 0 Å². The number of benzene rings is 1. The van der Waals surface area contributed by atoms with Crippen molar-refractivity contribution >= 4 is 29.2 Å². The van der Waals surface area contributed by atoms with E-state index in [1.54, 1.807) is 0 Å². The maximum absolute atomic E-state index is 11.0. The van der Waals surface area contributed by atoms with Crippen molar-refractivity contribution in [2.75, 3.05) is 0 Å². The molecule has 54 valence electrons. The molecule has 0 aliphatic carbocycles. The van der Waals surface area contributed by atoms with E-state index in [0.717, 1.165) is 10.5 Å². The highest BCUT2D eigenvalue weighted by molar-refractivity contribution is 14.2. The largest absolute Gasteiger partial charge is 0.243 e. The molecule has 1 atom stereocenters. The summed E-state index contributed by atoms with van der Waals surface area (Å²) in [4.78, 5) is 0.920. The molecule has 0 saturated heterocycles. The van der Waals surface area contributed by atoms with Crippen molar-refractivity contribution in [1.29, 1.82) is 0 Å². The Bertz CT molecular complexity index is 260. The van der Waals surface area contributed by atoms with Gasteiger partial charge < -0.3 is 0 Å². The second kappa shape index (κ2) is 3.48. The zero-order valence-corrected chi connectivity index (χ0v) is 8.48. The lowest BCUT2D eigenvalue weighted by Crippen LogP contribution is -1.83. The third kappa shape index (κ3) is 1.79. The van der Waals surface area contributed by atoms with E-state index in [1.165, 1.54) is 0 Å². The molecular formula is C7H7IOS. The van der Waals surface area contributed by atoms with Gasteiger partial charge in [-0.2, -0.15) is 0 Å². The zero-order valence-electron chi connectivity index (χ0n) is 5.50. The summed E-state index contributed by atoms with van der Waals surface area (Å²) in [6.45, 7) is 1.96.